The third-order valence-corrected chi connectivity index (χ3v) is 6.06. The molecule has 0 saturated heterocycles. The Labute approximate surface area is 174 Å². The molecule has 2 aromatic heterocycles. The molecule has 134 valence electrons. The summed E-state index contributed by atoms with van der Waals surface area (Å²) >= 11 is 2.35. The zero-order valence-electron chi connectivity index (χ0n) is 15.1. The fraction of sp³-hybridized carbons (Fsp3) is 0.0400. The molecule has 0 unspecified atom stereocenters. The number of hydrogen-bond donors (Lipinski definition) is 0. The lowest BCUT2D eigenvalue weighted by atomic mass is 10.0. The van der Waals surface area contributed by atoms with E-state index in [1.807, 2.05) is 6.07 Å². The maximum atomic E-state index is 6.01. The van der Waals surface area contributed by atoms with Gasteiger partial charge in [0, 0.05) is 25.1 Å². The molecular formula is C25H15IO2. The van der Waals surface area contributed by atoms with E-state index >= 15 is 0 Å². The normalized spacial score (nSPS) is 11.9. The minimum absolute atomic E-state index is 0.922. The van der Waals surface area contributed by atoms with E-state index in [0.717, 1.165) is 38.5 Å². The van der Waals surface area contributed by atoms with Gasteiger partial charge in [0.25, 0.3) is 0 Å². The second-order valence-corrected chi connectivity index (χ2v) is 8.51. The quantitative estimate of drug-likeness (QED) is 0.225. The van der Waals surface area contributed by atoms with Crippen LogP contribution in [0.3, 0.4) is 0 Å². The third-order valence-electron chi connectivity index (χ3n) is 5.39. The van der Waals surface area contributed by atoms with Gasteiger partial charge in [-0.15, -0.1) is 0 Å². The molecule has 0 aliphatic rings. The summed E-state index contributed by atoms with van der Waals surface area (Å²) in [7, 11) is 0. The summed E-state index contributed by atoms with van der Waals surface area (Å²) in [5, 5.41) is 4.64. The van der Waals surface area contributed by atoms with Crippen LogP contribution in [0.2, 0.25) is 0 Å². The van der Waals surface area contributed by atoms with E-state index in [9.17, 15) is 0 Å². The number of furan rings is 2. The summed E-state index contributed by atoms with van der Waals surface area (Å²) in [5.41, 5.74) is 7.31. The van der Waals surface area contributed by atoms with Crippen molar-refractivity contribution in [1.82, 2.24) is 0 Å². The van der Waals surface area contributed by atoms with Crippen LogP contribution in [0.1, 0.15) is 5.56 Å². The highest BCUT2D eigenvalue weighted by molar-refractivity contribution is 14.1. The Kier molecular flexibility index (Phi) is 3.38. The van der Waals surface area contributed by atoms with Gasteiger partial charge >= 0.3 is 0 Å². The van der Waals surface area contributed by atoms with Gasteiger partial charge in [-0.05, 0) is 95.2 Å². The van der Waals surface area contributed by atoms with Crippen molar-refractivity contribution in [3.63, 3.8) is 0 Å². The number of rotatable bonds is 1. The molecule has 2 heterocycles. The average Bonchev–Trinajstić information content (AvgIpc) is 3.24. The zero-order chi connectivity index (χ0) is 18.8. The summed E-state index contributed by atoms with van der Waals surface area (Å²) < 4.78 is 13.2. The number of halogens is 1. The van der Waals surface area contributed by atoms with Crippen LogP contribution in [0.5, 0.6) is 0 Å². The molecule has 3 heteroatoms. The van der Waals surface area contributed by atoms with Crippen LogP contribution < -0.4 is 0 Å². The van der Waals surface area contributed by atoms with E-state index in [1.54, 1.807) is 0 Å². The Bertz CT molecular complexity index is 1420. The first-order valence-corrected chi connectivity index (χ1v) is 10.3. The molecule has 0 fully saturated rings. The lowest BCUT2D eigenvalue weighted by Gasteiger charge is -2.02. The Morgan fingerprint density at radius 1 is 0.536 bits per heavy atom. The lowest BCUT2D eigenvalue weighted by molar-refractivity contribution is 0.668. The van der Waals surface area contributed by atoms with Crippen LogP contribution in [0.25, 0.3) is 55.0 Å². The van der Waals surface area contributed by atoms with E-state index in [4.69, 9.17) is 8.83 Å². The SMILES string of the molecule is Cc1ccc2oc3ccc(-c4ccc5oc6ccc(I)cc6c5c4)cc3c2c1. The van der Waals surface area contributed by atoms with Gasteiger partial charge in [0.2, 0.25) is 0 Å². The van der Waals surface area contributed by atoms with Gasteiger partial charge in [0.15, 0.2) is 0 Å². The van der Waals surface area contributed by atoms with Gasteiger partial charge in [-0.2, -0.15) is 0 Å². The van der Waals surface area contributed by atoms with Crippen molar-refractivity contribution in [2.24, 2.45) is 0 Å². The summed E-state index contributed by atoms with van der Waals surface area (Å²) in [6, 6.07) is 25.5. The summed E-state index contributed by atoms with van der Waals surface area (Å²) in [6.07, 6.45) is 0. The van der Waals surface area contributed by atoms with E-state index in [0.29, 0.717) is 0 Å². The van der Waals surface area contributed by atoms with Gasteiger partial charge in [-0.25, -0.2) is 0 Å². The van der Waals surface area contributed by atoms with Gasteiger partial charge in [-0.3, -0.25) is 0 Å². The molecule has 28 heavy (non-hydrogen) atoms. The first kappa shape index (κ1) is 16.2. The topological polar surface area (TPSA) is 26.3 Å². The molecule has 0 N–H and O–H groups in total. The average molecular weight is 474 g/mol. The molecule has 0 bridgehead atoms. The van der Waals surface area contributed by atoms with Crippen molar-refractivity contribution >= 4 is 66.5 Å². The number of benzene rings is 4. The number of hydrogen-bond acceptors (Lipinski definition) is 2. The van der Waals surface area contributed by atoms with Gasteiger partial charge in [0.1, 0.15) is 22.3 Å². The van der Waals surface area contributed by atoms with E-state index in [2.05, 4.69) is 96.2 Å². The van der Waals surface area contributed by atoms with Crippen LogP contribution in [-0.4, -0.2) is 0 Å². The molecule has 0 aliphatic carbocycles. The first-order valence-electron chi connectivity index (χ1n) is 9.21. The summed E-state index contributed by atoms with van der Waals surface area (Å²) in [5.74, 6) is 0. The van der Waals surface area contributed by atoms with Gasteiger partial charge < -0.3 is 8.83 Å². The molecule has 0 aliphatic heterocycles. The molecule has 6 aromatic rings. The van der Waals surface area contributed by atoms with Crippen molar-refractivity contribution in [2.75, 3.05) is 0 Å². The van der Waals surface area contributed by atoms with Crippen LogP contribution in [0, 0.1) is 10.5 Å². The Hall–Kier alpha value is -2.79. The molecule has 0 saturated carbocycles. The Morgan fingerprint density at radius 3 is 1.61 bits per heavy atom. The largest absolute Gasteiger partial charge is 0.456 e. The molecule has 0 spiro atoms. The summed E-state index contributed by atoms with van der Waals surface area (Å²) in [4.78, 5) is 0. The first-order chi connectivity index (χ1) is 13.7. The minimum Gasteiger partial charge on any atom is -0.456 e. The molecule has 0 amide bonds. The van der Waals surface area contributed by atoms with Crippen molar-refractivity contribution in [3.05, 3.63) is 81.9 Å². The number of fused-ring (bicyclic) bond motifs is 6. The molecule has 6 rings (SSSR count). The predicted octanol–water partition coefficient (Wildman–Crippen LogP) is 8.07. The summed E-state index contributed by atoms with van der Waals surface area (Å²) in [6.45, 7) is 2.11. The Morgan fingerprint density at radius 2 is 1.00 bits per heavy atom. The van der Waals surface area contributed by atoms with E-state index < -0.39 is 0 Å². The van der Waals surface area contributed by atoms with Crippen LogP contribution in [0.4, 0.5) is 0 Å². The monoisotopic (exact) mass is 474 g/mol. The molecule has 0 atom stereocenters. The van der Waals surface area contributed by atoms with E-state index in [1.165, 1.54) is 25.6 Å². The second-order valence-electron chi connectivity index (χ2n) is 7.27. The highest BCUT2D eigenvalue weighted by Crippen LogP contribution is 2.36. The molecular weight excluding hydrogens is 459 g/mol. The molecule has 0 radical (unpaired) electrons. The van der Waals surface area contributed by atoms with Crippen molar-refractivity contribution < 1.29 is 8.83 Å². The van der Waals surface area contributed by atoms with Gasteiger partial charge in [0.05, 0.1) is 0 Å². The smallest absolute Gasteiger partial charge is 0.135 e. The fourth-order valence-corrected chi connectivity index (χ4v) is 4.49. The third kappa shape index (κ3) is 2.39. The molecule has 4 aromatic carbocycles. The lowest BCUT2D eigenvalue weighted by Crippen LogP contribution is -1.78. The van der Waals surface area contributed by atoms with Gasteiger partial charge in [-0.1, -0.05) is 23.8 Å². The minimum atomic E-state index is 0.922. The van der Waals surface area contributed by atoms with Crippen molar-refractivity contribution in [1.29, 1.82) is 0 Å². The van der Waals surface area contributed by atoms with Crippen LogP contribution in [0.15, 0.2) is 81.6 Å². The zero-order valence-corrected chi connectivity index (χ0v) is 17.3. The highest BCUT2D eigenvalue weighted by atomic mass is 127. The van der Waals surface area contributed by atoms with Crippen molar-refractivity contribution in [2.45, 2.75) is 6.92 Å². The maximum absolute atomic E-state index is 6.01. The fourth-order valence-electron chi connectivity index (χ4n) is 4.00. The van der Waals surface area contributed by atoms with E-state index in [-0.39, 0.29) is 0 Å². The predicted molar refractivity (Wildman–Crippen MR) is 124 cm³/mol. The maximum Gasteiger partial charge on any atom is 0.135 e. The standard InChI is InChI=1S/C25H15IO2/c1-14-2-6-22-18(10-14)19-11-15(3-7-23(19)27-22)16-4-8-24-20(12-16)21-13-17(26)5-9-25(21)28-24/h2-13H,1H3. The van der Waals surface area contributed by atoms with Crippen LogP contribution >= 0.6 is 22.6 Å². The Balaban J connectivity index is 1.60. The second kappa shape index (κ2) is 5.85. The highest BCUT2D eigenvalue weighted by Gasteiger charge is 2.11. The molecule has 2 nitrogen and oxygen atoms in total. The number of aryl methyl sites for hydroxylation is 1. The van der Waals surface area contributed by atoms with Crippen LogP contribution in [-0.2, 0) is 0 Å². The van der Waals surface area contributed by atoms with Crippen molar-refractivity contribution in [3.8, 4) is 11.1 Å².